The van der Waals surface area contributed by atoms with E-state index < -0.39 is 0 Å². The highest BCUT2D eigenvalue weighted by Crippen LogP contribution is 2.47. The molecular formula is C18H21NO. The van der Waals surface area contributed by atoms with E-state index in [1.165, 1.54) is 27.8 Å². The minimum atomic E-state index is 0.409. The topological polar surface area (TPSA) is 35.2 Å². The van der Waals surface area contributed by atoms with Gasteiger partial charge in [-0.05, 0) is 59.3 Å². The summed E-state index contributed by atoms with van der Waals surface area (Å²) in [5.41, 5.74) is 12.7. The maximum absolute atomic E-state index is 5.83. The van der Waals surface area contributed by atoms with Gasteiger partial charge >= 0.3 is 0 Å². The molecule has 0 spiro atoms. The number of benzene rings is 2. The van der Waals surface area contributed by atoms with E-state index in [0.717, 1.165) is 18.6 Å². The average Bonchev–Trinajstić information content (AvgIpc) is 2.80. The monoisotopic (exact) mass is 267 g/mol. The molecule has 1 aliphatic carbocycles. The standard InChI is InChI=1S/C18H21NO/c1-3-12-4-6-14-15-7-5-13(20-2)11-18(15)16(8-9-19)17(14)10-12/h4-7,10-11,16H,3,8-9,19H2,1-2H3. The fraction of sp³-hybridized carbons (Fsp3) is 0.333. The largest absolute Gasteiger partial charge is 0.497 e. The fourth-order valence-corrected chi connectivity index (χ4v) is 3.21. The van der Waals surface area contributed by atoms with Gasteiger partial charge in [-0.3, -0.25) is 0 Å². The highest BCUT2D eigenvalue weighted by molar-refractivity contribution is 5.79. The molecule has 0 bridgehead atoms. The summed E-state index contributed by atoms with van der Waals surface area (Å²) in [6.07, 6.45) is 2.06. The number of fused-ring (bicyclic) bond motifs is 3. The molecule has 104 valence electrons. The Hall–Kier alpha value is -1.80. The SMILES string of the molecule is CCc1ccc2c(c1)C(CCN)c1cc(OC)ccc1-2. The second-order valence-corrected chi connectivity index (χ2v) is 5.36. The molecular weight excluding hydrogens is 246 g/mol. The third-order valence-corrected chi connectivity index (χ3v) is 4.28. The maximum Gasteiger partial charge on any atom is 0.119 e. The Morgan fingerprint density at radius 1 is 1.05 bits per heavy atom. The lowest BCUT2D eigenvalue weighted by molar-refractivity contribution is 0.414. The molecule has 20 heavy (non-hydrogen) atoms. The first-order valence-corrected chi connectivity index (χ1v) is 7.29. The van der Waals surface area contributed by atoms with Crippen LogP contribution in [0, 0.1) is 0 Å². The smallest absolute Gasteiger partial charge is 0.119 e. The van der Waals surface area contributed by atoms with Crippen molar-refractivity contribution in [3.05, 3.63) is 53.1 Å². The van der Waals surface area contributed by atoms with Gasteiger partial charge in [-0.1, -0.05) is 31.2 Å². The van der Waals surface area contributed by atoms with Crippen molar-refractivity contribution >= 4 is 0 Å². The minimum absolute atomic E-state index is 0.409. The Balaban J connectivity index is 2.16. The van der Waals surface area contributed by atoms with Crippen LogP contribution in [-0.2, 0) is 6.42 Å². The van der Waals surface area contributed by atoms with E-state index in [2.05, 4.69) is 37.3 Å². The van der Waals surface area contributed by atoms with Crippen molar-refractivity contribution in [1.82, 2.24) is 0 Å². The van der Waals surface area contributed by atoms with Crippen molar-refractivity contribution in [3.63, 3.8) is 0 Å². The molecule has 0 fully saturated rings. The van der Waals surface area contributed by atoms with Gasteiger partial charge < -0.3 is 10.5 Å². The number of ether oxygens (including phenoxy) is 1. The fourth-order valence-electron chi connectivity index (χ4n) is 3.21. The van der Waals surface area contributed by atoms with Crippen molar-refractivity contribution in [2.45, 2.75) is 25.7 Å². The van der Waals surface area contributed by atoms with E-state index >= 15 is 0 Å². The summed E-state index contributed by atoms with van der Waals surface area (Å²) < 4.78 is 5.38. The summed E-state index contributed by atoms with van der Waals surface area (Å²) in [6, 6.07) is 13.2. The summed E-state index contributed by atoms with van der Waals surface area (Å²) in [4.78, 5) is 0. The summed E-state index contributed by atoms with van der Waals surface area (Å²) in [7, 11) is 1.72. The van der Waals surface area contributed by atoms with E-state index in [4.69, 9.17) is 10.5 Å². The second-order valence-electron chi connectivity index (χ2n) is 5.36. The third kappa shape index (κ3) is 2.01. The van der Waals surface area contributed by atoms with E-state index in [1.54, 1.807) is 7.11 Å². The first kappa shape index (κ1) is 13.2. The van der Waals surface area contributed by atoms with Crippen LogP contribution in [0.15, 0.2) is 36.4 Å². The highest BCUT2D eigenvalue weighted by Gasteiger charge is 2.28. The molecule has 2 aromatic carbocycles. The molecule has 0 heterocycles. The van der Waals surface area contributed by atoms with E-state index in [-0.39, 0.29) is 0 Å². The van der Waals surface area contributed by atoms with Crippen LogP contribution in [0.5, 0.6) is 5.75 Å². The van der Waals surface area contributed by atoms with E-state index in [9.17, 15) is 0 Å². The number of hydrogen-bond donors (Lipinski definition) is 1. The molecule has 0 radical (unpaired) electrons. The van der Waals surface area contributed by atoms with Crippen LogP contribution < -0.4 is 10.5 Å². The lowest BCUT2D eigenvalue weighted by atomic mass is 9.92. The van der Waals surface area contributed by atoms with Crippen LogP contribution in [-0.4, -0.2) is 13.7 Å². The molecule has 1 aliphatic rings. The van der Waals surface area contributed by atoms with Crippen LogP contribution in [0.25, 0.3) is 11.1 Å². The Bertz CT molecular complexity index is 580. The van der Waals surface area contributed by atoms with Crippen LogP contribution >= 0.6 is 0 Å². The molecule has 0 aromatic heterocycles. The van der Waals surface area contributed by atoms with Gasteiger partial charge in [-0.2, -0.15) is 0 Å². The molecule has 2 heteroatoms. The Labute approximate surface area is 120 Å². The van der Waals surface area contributed by atoms with Crippen LogP contribution in [0.4, 0.5) is 0 Å². The third-order valence-electron chi connectivity index (χ3n) is 4.28. The number of rotatable bonds is 4. The quantitative estimate of drug-likeness (QED) is 0.916. The predicted molar refractivity (Wildman–Crippen MR) is 83.3 cm³/mol. The van der Waals surface area contributed by atoms with E-state index in [1.807, 2.05) is 6.07 Å². The Morgan fingerprint density at radius 2 is 1.75 bits per heavy atom. The molecule has 2 nitrogen and oxygen atoms in total. The van der Waals surface area contributed by atoms with Crippen LogP contribution in [0.3, 0.4) is 0 Å². The van der Waals surface area contributed by atoms with Gasteiger partial charge in [0.1, 0.15) is 5.75 Å². The second kappa shape index (κ2) is 5.29. The molecule has 0 aliphatic heterocycles. The zero-order chi connectivity index (χ0) is 14.1. The van der Waals surface area contributed by atoms with Gasteiger partial charge in [-0.15, -0.1) is 0 Å². The van der Waals surface area contributed by atoms with Crippen LogP contribution in [0.1, 0.15) is 36.0 Å². The van der Waals surface area contributed by atoms with Crippen molar-refractivity contribution in [2.24, 2.45) is 5.73 Å². The molecule has 3 rings (SSSR count). The molecule has 0 saturated carbocycles. The first-order chi connectivity index (χ1) is 9.78. The highest BCUT2D eigenvalue weighted by atomic mass is 16.5. The normalized spacial score (nSPS) is 15.8. The van der Waals surface area contributed by atoms with Crippen molar-refractivity contribution < 1.29 is 4.74 Å². The molecule has 1 unspecified atom stereocenters. The number of methoxy groups -OCH3 is 1. The number of aryl methyl sites for hydroxylation is 1. The predicted octanol–water partition coefficient (Wildman–Crippen LogP) is 3.72. The Kier molecular flexibility index (Phi) is 3.49. The molecule has 2 N–H and O–H groups in total. The zero-order valence-corrected chi connectivity index (χ0v) is 12.1. The van der Waals surface area contributed by atoms with Gasteiger partial charge in [0.2, 0.25) is 0 Å². The summed E-state index contributed by atoms with van der Waals surface area (Å²) >= 11 is 0. The van der Waals surface area contributed by atoms with Crippen molar-refractivity contribution in [1.29, 1.82) is 0 Å². The molecule has 2 aromatic rings. The molecule has 0 saturated heterocycles. The number of hydrogen-bond acceptors (Lipinski definition) is 2. The maximum atomic E-state index is 5.83. The average molecular weight is 267 g/mol. The van der Waals surface area contributed by atoms with Gasteiger partial charge in [0.25, 0.3) is 0 Å². The van der Waals surface area contributed by atoms with Crippen LogP contribution in [0.2, 0.25) is 0 Å². The Morgan fingerprint density at radius 3 is 2.40 bits per heavy atom. The number of nitrogens with two attached hydrogens (primary N) is 1. The zero-order valence-electron chi connectivity index (χ0n) is 12.1. The minimum Gasteiger partial charge on any atom is -0.497 e. The van der Waals surface area contributed by atoms with E-state index in [0.29, 0.717) is 12.5 Å². The molecule has 1 atom stereocenters. The van der Waals surface area contributed by atoms with Gasteiger partial charge in [-0.25, -0.2) is 0 Å². The van der Waals surface area contributed by atoms with Crippen molar-refractivity contribution in [2.75, 3.05) is 13.7 Å². The molecule has 0 amide bonds. The van der Waals surface area contributed by atoms with Gasteiger partial charge in [0.15, 0.2) is 0 Å². The van der Waals surface area contributed by atoms with Crippen molar-refractivity contribution in [3.8, 4) is 16.9 Å². The summed E-state index contributed by atoms with van der Waals surface area (Å²) in [5, 5.41) is 0. The van der Waals surface area contributed by atoms with Gasteiger partial charge in [0, 0.05) is 5.92 Å². The lowest BCUT2D eigenvalue weighted by Gasteiger charge is -2.13. The summed E-state index contributed by atoms with van der Waals surface area (Å²) in [5.74, 6) is 1.33. The van der Waals surface area contributed by atoms with Gasteiger partial charge in [0.05, 0.1) is 7.11 Å². The lowest BCUT2D eigenvalue weighted by Crippen LogP contribution is -2.06. The summed E-state index contributed by atoms with van der Waals surface area (Å²) in [6.45, 7) is 2.90. The first-order valence-electron chi connectivity index (χ1n) is 7.29.